The van der Waals surface area contributed by atoms with Gasteiger partial charge < -0.3 is 24.8 Å². The zero-order valence-corrected chi connectivity index (χ0v) is 22.0. The maximum atomic E-state index is 13.1. The summed E-state index contributed by atoms with van der Waals surface area (Å²) < 4.78 is 17.0. The van der Waals surface area contributed by atoms with Crippen LogP contribution in [0.1, 0.15) is 30.9 Å². The van der Waals surface area contributed by atoms with Gasteiger partial charge in [0, 0.05) is 24.9 Å². The van der Waals surface area contributed by atoms with E-state index in [0.717, 1.165) is 5.56 Å². The number of nitriles is 3. The van der Waals surface area contributed by atoms with Crippen LogP contribution >= 0.6 is 0 Å². The van der Waals surface area contributed by atoms with Gasteiger partial charge in [-0.15, -0.1) is 0 Å². The molecule has 2 aliphatic rings. The Kier molecular flexibility index (Phi) is 7.79. The lowest BCUT2D eigenvalue weighted by atomic mass is 9.58. The Bertz CT molecular complexity index is 1430. The van der Waals surface area contributed by atoms with Crippen molar-refractivity contribution in [1.82, 2.24) is 4.90 Å². The fraction of sp³-hybridized carbons (Fsp3) is 0.333. The number of rotatable bonds is 6. The first-order chi connectivity index (χ1) is 18.8. The molecule has 0 unspecified atom stereocenters. The molecule has 2 atom stereocenters. The highest BCUT2D eigenvalue weighted by Gasteiger charge is 2.55. The number of benzene rings is 2. The maximum Gasteiger partial charge on any atom is 0.410 e. The number of ether oxygens (including phenoxy) is 3. The quantitative estimate of drug-likeness (QED) is 0.581. The number of fused-ring (bicyclic) bond motifs is 1. The lowest BCUT2D eigenvalue weighted by Crippen LogP contribution is -2.49. The van der Waals surface area contributed by atoms with Gasteiger partial charge in [-0.1, -0.05) is 42.5 Å². The van der Waals surface area contributed by atoms with E-state index < -0.39 is 23.3 Å². The molecule has 2 aromatic carbocycles. The van der Waals surface area contributed by atoms with E-state index in [1.54, 1.807) is 24.3 Å². The topological polar surface area (TPSA) is 145 Å². The number of nitrogens with two attached hydrogens (primary N) is 1. The molecule has 198 valence electrons. The van der Waals surface area contributed by atoms with Gasteiger partial charge in [0.05, 0.1) is 36.6 Å². The number of carbonyl (C=O) groups is 1. The molecule has 9 nitrogen and oxygen atoms in total. The highest BCUT2D eigenvalue weighted by atomic mass is 16.6. The van der Waals surface area contributed by atoms with Crippen molar-refractivity contribution >= 4 is 6.09 Å². The summed E-state index contributed by atoms with van der Waals surface area (Å²) in [6.07, 6.45) is 1.06. The Labute approximate surface area is 227 Å². The first kappa shape index (κ1) is 27.1. The third-order valence-corrected chi connectivity index (χ3v) is 7.04. The number of amides is 1. The fourth-order valence-electron chi connectivity index (χ4n) is 5.25. The summed E-state index contributed by atoms with van der Waals surface area (Å²) in [7, 11) is 1.53. The molecule has 9 heteroatoms. The molecular formula is C30H29N5O4. The molecule has 1 aliphatic heterocycles. The monoisotopic (exact) mass is 523 g/mol. The molecule has 0 radical (unpaired) electrons. The van der Waals surface area contributed by atoms with E-state index in [4.69, 9.17) is 19.9 Å². The summed E-state index contributed by atoms with van der Waals surface area (Å²) in [5, 5.41) is 30.7. The van der Waals surface area contributed by atoms with Gasteiger partial charge in [0.2, 0.25) is 0 Å². The minimum absolute atomic E-state index is 0.0928. The second-order valence-electron chi connectivity index (χ2n) is 9.70. The number of methoxy groups -OCH3 is 1. The van der Waals surface area contributed by atoms with Crippen LogP contribution < -0.4 is 15.2 Å². The Morgan fingerprint density at radius 2 is 1.85 bits per heavy atom. The van der Waals surface area contributed by atoms with Gasteiger partial charge in [-0.2, -0.15) is 15.8 Å². The summed E-state index contributed by atoms with van der Waals surface area (Å²) in [5.74, 6) is -0.441. The van der Waals surface area contributed by atoms with E-state index in [0.29, 0.717) is 22.6 Å². The summed E-state index contributed by atoms with van der Waals surface area (Å²) in [4.78, 5) is 14.6. The SMILES string of the molecule is COc1ccc([C@H]2[C@H]3CN(C(=O)OCc4ccccc4)CC=C3C(C#N)=C(N)C2(C#N)C#N)cc1OC(C)C. The summed E-state index contributed by atoms with van der Waals surface area (Å²) in [6.45, 7) is 4.18. The largest absolute Gasteiger partial charge is 0.493 e. The molecular weight excluding hydrogens is 494 g/mol. The lowest BCUT2D eigenvalue weighted by Gasteiger charge is -2.45. The predicted octanol–water partition coefficient (Wildman–Crippen LogP) is 4.54. The summed E-state index contributed by atoms with van der Waals surface area (Å²) >= 11 is 0. The number of nitrogens with zero attached hydrogens (tertiary/aromatic N) is 4. The van der Waals surface area contributed by atoms with Crippen LogP contribution in [-0.4, -0.2) is 37.3 Å². The molecule has 4 rings (SSSR count). The first-order valence-electron chi connectivity index (χ1n) is 12.5. The average molecular weight is 524 g/mol. The number of allylic oxidation sites excluding steroid dienone is 2. The fourth-order valence-corrected chi connectivity index (χ4v) is 5.25. The molecule has 1 heterocycles. The van der Waals surface area contributed by atoms with Gasteiger partial charge in [-0.3, -0.25) is 0 Å². The van der Waals surface area contributed by atoms with Gasteiger partial charge in [0.1, 0.15) is 12.7 Å². The van der Waals surface area contributed by atoms with E-state index >= 15 is 0 Å². The van der Waals surface area contributed by atoms with Gasteiger partial charge >= 0.3 is 6.09 Å². The lowest BCUT2D eigenvalue weighted by molar-refractivity contribution is 0.0898. The van der Waals surface area contributed by atoms with E-state index in [9.17, 15) is 20.6 Å². The van der Waals surface area contributed by atoms with Crippen LogP contribution in [-0.2, 0) is 11.3 Å². The summed E-state index contributed by atoms with van der Waals surface area (Å²) in [6, 6.07) is 20.9. The van der Waals surface area contributed by atoms with E-state index in [2.05, 4.69) is 18.2 Å². The van der Waals surface area contributed by atoms with Crippen molar-refractivity contribution in [3.63, 3.8) is 0 Å². The molecule has 2 N–H and O–H groups in total. The van der Waals surface area contributed by atoms with Crippen molar-refractivity contribution in [2.45, 2.75) is 32.5 Å². The van der Waals surface area contributed by atoms with Gasteiger partial charge in [0.25, 0.3) is 0 Å². The van der Waals surface area contributed by atoms with E-state index in [1.807, 2.05) is 44.2 Å². The second kappa shape index (κ2) is 11.2. The molecule has 0 spiro atoms. The van der Waals surface area contributed by atoms with Crippen molar-refractivity contribution in [3.05, 3.63) is 82.6 Å². The van der Waals surface area contributed by atoms with Crippen LogP contribution in [0, 0.1) is 45.3 Å². The van der Waals surface area contributed by atoms with Crippen molar-refractivity contribution < 1.29 is 19.0 Å². The minimum atomic E-state index is -1.85. The Hall–Kier alpha value is -4.94. The second-order valence-corrected chi connectivity index (χ2v) is 9.70. The van der Waals surface area contributed by atoms with E-state index in [-0.39, 0.29) is 37.1 Å². The first-order valence-corrected chi connectivity index (χ1v) is 12.5. The minimum Gasteiger partial charge on any atom is -0.493 e. The third-order valence-electron chi connectivity index (χ3n) is 7.04. The third kappa shape index (κ3) is 4.98. The molecule has 1 aliphatic carbocycles. The smallest absolute Gasteiger partial charge is 0.410 e. The molecule has 2 aromatic rings. The summed E-state index contributed by atoms with van der Waals surface area (Å²) in [5.41, 5.74) is 6.63. The van der Waals surface area contributed by atoms with Crippen LogP contribution in [0.5, 0.6) is 11.5 Å². The molecule has 0 fully saturated rings. The molecule has 0 saturated carbocycles. The van der Waals surface area contributed by atoms with Crippen molar-refractivity contribution in [3.8, 4) is 29.7 Å². The number of carbonyl (C=O) groups excluding carboxylic acids is 1. The normalized spacial score (nSPS) is 19.6. The molecule has 0 aromatic heterocycles. The van der Waals surface area contributed by atoms with Gasteiger partial charge in [-0.05, 0) is 42.7 Å². The van der Waals surface area contributed by atoms with Crippen LogP contribution in [0.2, 0.25) is 0 Å². The Morgan fingerprint density at radius 1 is 1.13 bits per heavy atom. The Balaban J connectivity index is 1.78. The highest BCUT2D eigenvalue weighted by Crippen LogP contribution is 2.55. The van der Waals surface area contributed by atoms with Gasteiger partial charge in [-0.25, -0.2) is 4.79 Å². The predicted molar refractivity (Wildman–Crippen MR) is 142 cm³/mol. The Morgan fingerprint density at radius 3 is 2.46 bits per heavy atom. The number of hydrogen-bond donors (Lipinski definition) is 1. The van der Waals surface area contributed by atoms with Crippen LogP contribution in [0.25, 0.3) is 0 Å². The van der Waals surface area contributed by atoms with Crippen LogP contribution in [0.4, 0.5) is 4.79 Å². The van der Waals surface area contributed by atoms with Crippen molar-refractivity contribution in [2.75, 3.05) is 20.2 Å². The maximum absolute atomic E-state index is 13.1. The molecule has 1 amide bonds. The van der Waals surface area contributed by atoms with Crippen LogP contribution in [0.3, 0.4) is 0 Å². The van der Waals surface area contributed by atoms with E-state index in [1.165, 1.54) is 12.0 Å². The highest BCUT2D eigenvalue weighted by molar-refractivity contribution is 5.69. The average Bonchev–Trinajstić information content (AvgIpc) is 2.95. The van der Waals surface area contributed by atoms with Crippen molar-refractivity contribution in [2.24, 2.45) is 17.1 Å². The standard InChI is InChI=1S/C30H29N5O4/c1-19(2)39-26-13-21(9-10-25(26)37-3)27-24-15-35(29(36)38-16-20-7-5-4-6-8-20)12-11-22(24)23(14-31)28(34)30(27,17-32)18-33/h4-11,13,19,24,27H,12,15-16,34H2,1-3H3/t24-,27-/m0/s1. The zero-order valence-electron chi connectivity index (χ0n) is 22.0. The number of hydrogen-bond acceptors (Lipinski definition) is 8. The molecule has 0 saturated heterocycles. The zero-order chi connectivity index (χ0) is 28.2. The molecule has 0 bridgehead atoms. The van der Waals surface area contributed by atoms with Crippen molar-refractivity contribution in [1.29, 1.82) is 15.8 Å². The van der Waals surface area contributed by atoms with Gasteiger partial charge in [0.15, 0.2) is 16.9 Å². The molecule has 39 heavy (non-hydrogen) atoms. The van der Waals surface area contributed by atoms with Crippen LogP contribution in [0.15, 0.2) is 71.5 Å².